The maximum absolute atomic E-state index is 9.39. The van der Waals surface area contributed by atoms with Gasteiger partial charge in [0.2, 0.25) is 0 Å². The van der Waals surface area contributed by atoms with Crippen molar-refractivity contribution in [3.05, 3.63) is 29.8 Å². The van der Waals surface area contributed by atoms with E-state index in [0.717, 1.165) is 57.3 Å². The molecule has 1 fully saturated rings. The fourth-order valence-corrected chi connectivity index (χ4v) is 3.18. The van der Waals surface area contributed by atoms with Crippen LogP contribution in [0.3, 0.4) is 0 Å². The molecule has 0 aliphatic carbocycles. The zero-order valence-corrected chi connectivity index (χ0v) is 19.1. The molecule has 2 rings (SSSR count). The van der Waals surface area contributed by atoms with Crippen LogP contribution in [-0.4, -0.2) is 61.4 Å². The average Bonchev–Trinajstić information content (AvgIpc) is 2.64. The van der Waals surface area contributed by atoms with Gasteiger partial charge in [0.1, 0.15) is 5.75 Å². The maximum atomic E-state index is 9.39. The monoisotopic (exact) mass is 490 g/mol. The van der Waals surface area contributed by atoms with Gasteiger partial charge in [0.25, 0.3) is 0 Å². The summed E-state index contributed by atoms with van der Waals surface area (Å²) >= 11 is 0. The summed E-state index contributed by atoms with van der Waals surface area (Å²) in [5, 5.41) is 16.2. The lowest BCUT2D eigenvalue weighted by Gasteiger charge is -2.35. The SMILES string of the molecule is CCNC(=NCc1ccc(O)cc1)NCC(CC(C)C)N1CCOCC1.I. The summed E-state index contributed by atoms with van der Waals surface area (Å²) in [5.74, 6) is 1.77. The molecule has 1 aliphatic heterocycles. The Labute approximate surface area is 180 Å². The highest BCUT2D eigenvalue weighted by Gasteiger charge is 2.22. The Balaban J connectivity index is 0.00000364. The van der Waals surface area contributed by atoms with Crippen LogP contribution < -0.4 is 10.6 Å². The Morgan fingerprint density at radius 2 is 1.85 bits per heavy atom. The van der Waals surface area contributed by atoms with Crippen LogP contribution in [-0.2, 0) is 11.3 Å². The molecular formula is C20H35IN4O2. The van der Waals surface area contributed by atoms with E-state index in [0.29, 0.717) is 18.5 Å². The van der Waals surface area contributed by atoms with E-state index >= 15 is 0 Å². The molecule has 27 heavy (non-hydrogen) atoms. The standard InChI is InChI=1S/C20H34N4O2.HI/c1-4-21-20(22-14-17-5-7-19(25)8-6-17)23-15-18(13-16(2)3)24-9-11-26-12-10-24;/h5-8,16,18,25H,4,9-15H2,1-3H3,(H2,21,22,23);1H. The first-order chi connectivity index (χ1) is 12.6. The Bertz CT molecular complexity index is 545. The van der Waals surface area contributed by atoms with E-state index in [1.165, 1.54) is 0 Å². The van der Waals surface area contributed by atoms with E-state index in [2.05, 4.69) is 41.3 Å². The van der Waals surface area contributed by atoms with Crippen molar-refractivity contribution in [1.82, 2.24) is 15.5 Å². The zero-order valence-electron chi connectivity index (χ0n) is 16.8. The molecule has 0 saturated carbocycles. The molecule has 1 aliphatic rings. The van der Waals surface area contributed by atoms with E-state index in [1.54, 1.807) is 12.1 Å². The van der Waals surface area contributed by atoms with Gasteiger partial charge in [0.15, 0.2) is 5.96 Å². The first kappa shape index (κ1) is 24.0. The topological polar surface area (TPSA) is 69.1 Å². The third kappa shape index (κ3) is 9.12. The minimum Gasteiger partial charge on any atom is -0.508 e. The number of aromatic hydroxyl groups is 1. The fraction of sp³-hybridized carbons (Fsp3) is 0.650. The van der Waals surface area contributed by atoms with E-state index in [9.17, 15) is 5.11 Å². The van der Waals surface area contributed by atoms with Crippen molar-refractivity contribution >= 4 is 29.9 Å². The predicted molar refractivity (Wildman–Crippen MR) is 122 cm³/mol. The number of phenols is 1. The molecule has 0 spiro atoms. The lowest BCUT2D eigenvalue weighted by atomic mass is 10.0. The molecule has 1 unspecified atom stereocenters. The number of nitrogens with one attached hydrogen (secondary N) is 2. The maximum Gasteiger partial charge on any atom is 0.191 e. The minimum atomic E-state index is 0. The average molecular weight is 490 g/mol. The van der Waals surface area contributed by atoms with Crippen LogP contribution in [0.25, 0.3) is 0 Å². The van der Waals surface area contributed by atoms with E-state index in [1.807, 2.05) is 12.1 Å². The molecular weight excluding hydrogens is 455 g/mol. The molecule has 7 heteroatoms. The lowest BCUT2D eigenvalue weighted by Crippen LogP contribution is -2.51. The first-order valence-corrected chi connectivity index (χ1v) is 9.70. The second-order valence-corrected chi connectivity index (χ2v) is 7.17. The predicted octanol–water partition coefficient (Wildman–Crippen LogP) is 2.81. The number of hydrogen-bond acceptors (Lipinski definition) is 4. The second kappa shape index (κ2) is 13.2. The quantitative estimate of drug-likeness (QED) is 0.297. The zero-order chi connectivity index (χ0) is 18.8. The highest BCUT2D eigenvalue weighted by atomic mass is 127. The number of rotatable bonds is 8. The van der Waals surface area contributed by atoms with Crippen molar-refractivity contribution < 1.29 is 9.84 Å². The number of halogens is 1. The third-order valence-electron chi connectivity index (χ3n) is 4.51. The van der Waals surface area contributed by atoms with Gasteiger partial charge in [-0.1, -0.05) is 26.0 Å². The van der Waals surface area contributed by atoms with Crippen molar-refractivity contribution in [2.75, 3.05) is 39.4 Å². The van der Waals surface area contributed by atoms with Gasteiger partial charge < -0.3 is 20.5 Å². The van der Waals surface area contributed by atoms with Gasteiger partial charge >= 0.3 is 0 Å². The third-order valence-corrected chi connectivity index (χ3v) is 4.51. The summed E-state index contributed by atoms with van der Waals surface area (Å²) < 4.78 is 5.50. The fourth-order valence-electron chi connectivity index (χ4n) is 3.18. The van der Waals surface area contributed by atoms with Gasteiger partial charge in [-0.2, -0.15) is 0 Å². The van der Waals surface area contributed by atoms with Crippen molar-refractivity contribution in [3.63, 3.8) is 0 Å². The van der Waals surface area contributed by atoms with Crippen LogP contribution in [0.2, 0.25) is 0 Å². The van der Waals surface area contributed by atoms with Gasteiger partial charge in [-0.25, -0.2) is 4.99 Å². The molecule has 0 radical (unpaired) electrons. The molecule has 0 amide bonds. The first-order valence-electron chi connectivity index (χ1n) is 9.70. The van der Waals surface area contributed by atoms with Crippen LogP contribution in [0.4, 0.5) is 0 Å². The van der Waals surface area contributed by atoms with Gasteiger partial charge in [-0.3, -0.25) is 4.90 Å². The minimum absolute atomic E-state index is 0. The summed E-state index contributed by atoms with van der Waals surface area (Å²) in [6.45, 7) is 12.6. The van der Waals surface area contributed by atoms with E-state index in [-0.39, 0.29) is 29.7 Å². The molecule has 1 atom stereocenters. The summed E-state index contributed by atoms with van der Waals surface area (Å²) in [6.07, 6.45) is 1.16. The number of nitrogens with zero attached hydrogens (tertiary/aromatic N) is 2. The van der Waals surface area contributed by atoms with Gasteiger partial charge in [0.05, 0.1) is 19.8 Å². The smallest absolute Gasteiger partial charge is 0.191 e. The van der Waals surface area contributed by atoms with Gasteiger partial charge in [-0.05, 0) is 37.0 Å². The summed E-state index contributed by atoms with van der Waals surface area (Å²) in [6, 6.07) is 7.68. The molecule has 1 aromatic rings. The van der Waals surface area contributed by atoms with Crippen LogP contribution in [0.15, 0.2) is 29.3 Å². The van der Waals surface area contributed by atoms with Gasteiger partial charge in [0, 0.05) is 32.2 Å². The molecule has 0 aromatic heterocycles. The van der Waals surface area contributed by atoms with Crippen molar-refractivity contribution in [1.29, 1.82) is 0 Å². The Morgan fingerprint density at radius 3 is 2.44 bits per heavy atom. The van der Waals surface area contributed by atoms with Crippen molar-refractivity contribution in [2.45, 2.75) is 39.8 Å². The molecule has 1 aromatic carbocycles. The van der Waals surface area contributed by atoms with Crippen LogP contribution in [0.1, 0.15) is 32.8 Å². The number of morpholine rings is 1. The number of benzene rings is 1. The molecule has 1 saturated heterocycles. The molecule has 3 N–H and O–H groups in total. The number of aliphatic imine (C=N–C) groups is 1. The number of hydrogen-bond donors (Lipinski definition) is 3. The summed E-state index contributed by atoms with van der Waals surface area (Å²) in [5.41, 5.74) is 1.08. The van der Waals surface area contributed by atoms with Crippen LogP contribution in [0, 0.1) is 5.92 Å². The highest BCUT2D eigenvalue weighted by molar-refractivity contribution is 14.0. The van der Waals surface area contributed by atoms with Crippen molar-refractivity contribution in [2.24, 2.45) is 10.9 Å². The van der Waals surface area contributed by atoms with Gasteiger partial charge in [-0.15, -0.1) is 24.0 Å². The van der Waals surface area contributed by atoms with Crippen LogP contribution >= 0.6 is 24.0 Å². The number of guanidine groups is 1. The molecule has 1 heterocycles. The molecule has 0 bridgehead atoms. The largest absolute Gasteiger partial charge is 0.508 e. The number of phenolic OH excluding ortho intramolecular Hbond substituents is 1. The molecule has 6 nitrogen and oxygen atoms in total. The summed E-state index contributed by atoms with van der Waals surface area (Å²) in [7, 11) is 0. The lowest BCUT2D eigenvalue weighted by molar-refractivity contribution is 0.0132. The normalized spacial score (nSPS) is 16.7. The highest BCUT2D eigenvalue weighted by Crippen LogP contribution is 2.13. The van der Waals surface area contributed by atoms with Crippen molar-refractivity contribution in [3.8, 4) is 5.75 Å². The Morgan fingerprint density at radius 1 is 1.19 bits per heavy atom. The Hall–Kier alpha value is -1.06. The number of ether oxygens (including phenoxy) is 1. The second-order valence-electron chi connectivity index (χ2n) is 7.17. The van der Waals surface area contributed by atoms with E-state index < -0.39 is 0 Å². The van der Waals surface area contributed by atoms with E-state index in [4.69, 9.17) is 4.74 Å². The summed E-state index contributed by atoms with van der Waals surface area (Å²) in [4.78, 5) is 7.21. The molecule has 154 valence electrons. The van der Waals surface area contributed by atoms with Crippen LogP contribution in [0.5, 0.6) is 5.75 Å². The Kier molecular flexibility index (Phi) is 11.7.